The van der Waals surface area contributed by atoms with Crippen LogP contribution in [0.15, 0.2) is 0 Å². The van der Waals surface area contributed by atoms with Gasteiger partial charge in [-0.3, -0.25) is 19.4 Å². The maximum Gasteiger partial charge on any atom is 0.411 e. The van der Waals surface area contributed by atoms with Crippen LogP contribution in [0.3, 0.4) is 0 Å². The maximum atomic E-state index is 12.4. The SMILES string of the molecule is CCOC(=O)CN(C(=O)OC(C)(C)C)C1CN(CC(=O)OC(C)(C)C)C1. The molecule has 1 saturated heterocycles. The first-order valence-electron chi connectivity index (χ1n) is 8.90. The summed E-state index contributed by atoms with van der Waals surface area (Å²) in [6, 6.07) is -0.211. The molecule has 0 N–H and O–H groups in total. The van der Waals surface area contributed by atoms with E-state index in [0.717, 1.165) is 0 Å². The van der Waals surface area contributed by atoms with E-state index in [4.69, 9.17) is 14.2 Å². The molecule has 0 saturated carbocycles. The molecule has 1 fully saturated rings. The number of rotatable bonds is 6. The lowest BCUT2D eigenvalue weighted by Gasteiger charge is -2.44. The third-order valence-electron chi connectivity index (χ3n) is 3.38. The van der Waals surface area contributed by atoms with Crippen LogP contribution in [0.25, 0.3) is 0 Å². The fourth-order valence-electron chi connectivity index (χ4n) is 2.43. The molecule has 150 valence electrons. The second-order valence-electron chi connectivity index (χ2n) is 8.35. The zero-order valence-electron chi connectivity index (χ0n) is 17.0. The first-order chi connectivity index (χ1) is 11.8. The van der Waals surface area contributed by atoms with Gasteiger partial charge in [0.2, 0.25) is 0 Å². The second-order valence-corrected chi connectivity index (χ2v) is 8.35. The maximum absolute atomic E-state index is 12.4. The number of carbonyl (C=O) groups excluding carboxylic acids is 3. The molecule has 1 heterocycles. The van der Waals surface area contributed by atoms with Crippen molar-refractivity contribution in [2.75, 3.05) is 32.8 Å². The van der Waals surface area contributed by atoms with Gasteiger partial charge in [-0.1, -0.05) is 0 Å². The highest BCUT2D eigenvalue weighted by Gasteiger charge is 2.39. The molecule has 0 aromatic heterocycles. The average molecular weight is 372 g/mol. The number of likely N-dealkylation sites (tertiary alicyclic amines) is 1. The van der Waals surface area contributed by atoms with E-state index in [2.05, 4.69) is 0 Å². The Morgan fingerprint density at radius 3 is 1.96 bits per heavy atom. The van der Waals surface area contributed by atoms with Crippen LogP contribution in [-0.2, 0) is 23.8 Å². The summed E-state index contributed by atoms with van der Waals surface area (Å²) in [6.45, 7) is 13.6. The number of carbonyl (C=O) groups is 3. The summed E-state index contributed by atoms with van der Waals surface area (Å²) in [5, 5.41) is 0. The second kappa shape index (κ2) is 8.70. The fraction of sp³-hybridized carbons (Fsp3) is 0.833. The molecule has 8 heteroatoms. The summed E-state index contributed by atoms with van der Waals surface area (Å²) in [5.41, 5.74) is -1.20. The molecule has 1 aliphatic rings. The molecule has 1 amide bonds. The van der Waals surface area contributed by atoms with Crippen LogP contribution in [0.4, 0.5) is 4.79 Å². The quantitative estimate of drug-likeness (QED) is 0.519. The van der Waals surface area contributed by atoms with Gasteiger partial charge in [0, 0.05) is 13.1 Å². The monoisotopic (exact) mass is 372 g/mol. The Hall–Kier alpha value is -1.83. The van der Waals surface area contributed by atoms with Crippen molar-refractivity contribution in [3.8, 4) is 0 Å². The summed E-state index contributed by atoms with van der Waals surface area (Å²) >= 11 is 0. The van der Waals surface area contributed by atoms with Crippen molar-refractivity contribution in [1.29, 1.82) is 0 Å². The molecule has 1 rings (SSSR count). The largest absolute Gasteiger partial charge is 0.465 e. The summed E-state index contributed by atoms with van der Waals surface area (Å²) < 4.78 is 15.6. The van der Waals surface area contributed by atoms with Crippen molar-refractivity contribution in [3.05, 3.63) is 0 Å². The summed E-state index contributed by atoms with van der Waals surface area (Å²) in [4.78, 5) is 39.4. The van der Waals surface area contributed by atoms with E-state index in [-0.39, 0.29) is 31.7 Å². The van der Waals surface area contributed by atoms with Gasteiger partial charge in [-0.25, -0.2) is 4.79 Å². The molecule has 0 unspecified atom stereocenters. The van der Waals surface area contributed by atoms with Gasteiger partial charge in [-0.15, -0.1) is 0 Å². The zero-order chi connectivity index (χ0) is 20.1. The van der Waals surface area contributed by atoms with Crippen LogP contribution in [-0.4, -0.2) is 77.9 Å². The molecule has 8 nitrogen and oxygen atoms in total. The van der Waals surface area contributed by atoms with E-state index in [0.29, 0.717) is 13.1 Å². The van der Waals surface area contributed by atoms with Crippen molar-refractivity contribution >= 4 is 18.0 Å². The third kappa shape index (κ3) is 8.03. The highest BCUT2D eigenvalue weighted by molar-refractivity contribution is 5.78. The lowest BCUT2D eigenvalue weighted by Crippen LogP contribution is -2.63. The number of hydrogen-bond donors (Lipinski definition) is 0. The summed E-state index contributed by atoms with van der Waals surface area (Å²) in [7, 11) is 0. The van der Waals surface area contributed by atoms with Gasteiger partial charge in [0.15, 0.2) is 0 Å². The molecule has 1 aliphatic heterocycles. The standard InChI is InChI=1S/C18H32N2O6/c1-8-24-14(21)12-20(16(23)26-18(5,6)7)13-9-19(10-13)11-15(22)25-17(2,3)4/h13H,8-12H2,1-7H3. The summed E-state index contributed by atoms with van der Waals surface area (Å²) in [6.07, 6.45) is -0.563. The van der Waals surface area contributed by atoms with Crippen molar-refractivity contribution in [2.45, 2.75) is 65.7 Å². The van der Waals surface area contributed by atoms with E-state index in [1.54, 1.807) is 27.7 Å². The van der Waals surface area contributed by atoms with Crippen LogP contribution < -0.4 is 0 Å². The normalized spacial score (nSPS) is 15.8. The van der Waals surface area contributed by atoms with Crippen molar-refractivity contribution in [1.82, 2.24) is 9.80 Å². The van der Waals surface area contributed by atoms with Crippen molar-refractivity contribution in [2.24, 2.45) is 0 Å². The number of amides is 1. The van der Waals surface area contributed by atoms with Crippen molar-refractivity contribution < 1.29 is 28.6 Å². The molecule has 26 heavy (non-hydrogen) atoms. The van der Waals surface area contributed by atoms with Crippen LogP contribution in [0, 0.1) is 0 Å². The Bertz CT molecular complexity index is 515. The first kappa shape index (κ1) is 22.2. The Labute approximate surface area is 155 Å². The number of nitrogens with zero attached hydrogens (tertiary/aromatic N) is 2. The van der Waals surface area contributed by atoms with Gasteiger partial charge in [0.05, 0.1) is 19.2 Å². The van der Waals surface area contributed by atoms with Gasteiger partial charge in [0.1, 0.15) is 17.7 Å². The van der Waals surface area contributed by atoms with E-state index in [1.807, 2.05) is 25.7 Å². The predicted molar refractivity (Wildman–Crippen MR) is 95.6 cm³/mol. The molecule has 0 aromatic rings. The minimum Gasteiger partial charge on any atom is -0.465 e. The van der Waals surface area contributed by atoms with Crippen molar-refractivity contribution in [3.63, 3.8) is 0 Å². The molecular formula is C18H32N2O6. The molecule has 0 bridgehead atoms. The lowest BCUT2D eigenvalue weighted by molar-refractivity contribution is -0.158. The van der Waals surface area contributed by atoms with Gasteiger partial charge < -0.3 is 14.2 Å². The summed E-state index contributed by atoms with van der Waals surface area (Å²) in [5.74, 6) is -0.797. The number of esters is 2. The smallest absolute Gasteiger partial charge is 0.411 e. The topological polar surface area (TPSA) is 85.4 Å². The Balaban J connectivity index is 2.62. The van der Waals surface area contributed by atoms with E-state index >= 15 is 0 Å². The van der Waals surface area contributed by atoms with E-state index in [1.165, 1.54) is 4.90 Å². The Morgan fingerprint density at radius 1 is 0.962 bits per heavy atom. The molecule has 0 radical (unpaired) electrons. The lowest BCUT2D eigenvalue weighted by atomic mass is 10.1. The van der Waals surface area contributed by atoms with Crippen LogP contribution in [0.1, 0.15) is 48.5 Å². The molecular weight excluding hydrogens is 340 g/mol. The molecule has 0 spiro atoms. The Morgan fingerprint density at radius 2 is 1.50 bits per heavy atom. The number of hydrogen-bond acceptors (Lipinski definition) is 7. The van der Waals surface area contributed by atoms with E-state index < -0.39 is 23.3 Å². The van der Waals surface area contributed by atoms with E-state index in [9.17, 15) is 14.4 Å². The minimum absolute atomic E-state index is 0.148. The average Bonchev–Trinajstić information content (AvgIpc) is 2.36. The first-order valence-corrected chi connectivity index (χ1v) is 8.90. The zero-order valence-corrected chi connectivity index (χ0v) is 17.0. The van der Waals surface area contributed by atoms with Crippen LogP contribution >= 0.6 is 0 Å². The van der Waals surface area contributed by atoms with Gasteiger partial charge in [0.25, 0.3) is 0 Å². The van der Waals surface area contributed by atoms with Crippen LogP contribution in [0.5, 0.6) is 0 Å². The minimum atomic E-state index is -0.663. The predicted octanol–water partition coefficient (Wildman–Crippen LogP) is 1.81. The highest BCUT2D eigenvalue weighted by Crippen LogP contribution is 2.19. The Kier molecular flexibility index (Phi) is 7.44. The van der Waals surface area contributed by atoms with Gasteiger partial charge >= 0.3 is 18.0 Å². The molecule has 0 aromatic carbocycles. The fourth-order valence-corrected chi connectivity index (χ4v) is 2.43. The third-order valence-corrected chi connectivity index (χ3v) is 3.38. The van der Waals surface area contributed by atoms with Gasteiger partial charge in [-0.2, -0.15) is 0 Å². The number of ether oxygens (including phenoxy) is 3. The molecule has 0 atom stereocenters. The van der Waals surface area contributed by atoms with Crippen LogP contribution in [0.2, 0.25) is 0 Å². The highest BCUT2D eigenvalue weighted by atomic mass is 16.6. The van der Waals surface area contributed by atoms with Gasteiger partial charge in [-0.05, 0) is 48.5 Å². The molecule has 0 aliphatic carbocycles.